The minimum absolute atomic E-state index is 0.0256. The molecule has 0 spiro atoms. The van der Waals surface area contributed by atoms with E-state index in [1.807, 2.05) is 30.9 Å². The predicted molar refractivity (Wildman–Crippen MR) is 193 cm³/mol. The van der Waals surface area contributed by atoms with Crippen LogP contribution in [0.15, 0.2) is 47.4 Å². The first-order valence-corrected chi connectivity index (χ1v) is 19.5. The van der Waals surface area contributed by atoms with Crippen molar-refractivity contribution in [2.45, 2.75) is 56.2 Å². The Morgan fingerprint density at radius 1 is 1.00 bits per heavy atom. The molecule has 0 bridgehead atoms. The monoisotopic (exact) mass is 701 g/mol. The van der Waals surface area contributed by atoms with Gasteiger partial charge in [-0.25, -0.2) is 8.42 Å². The van der Waals surface area contributed by atoms with Crippen molar-refractivity contribution < 1.29 is 27.5 Å². The molecule has 4 aliphatic rings. The van der Waals surface area contributed by atoms with Crippen molar-refractivity contribution in [3.8, 4) is 5.75 Å². The first-order chi connectivity index (χ1) is 24.2. The van der Waals surface area contributed by atoms with E-state index in [9.17, 15) is 18.0 Å². The van der Waals surface area contributed by atoms with Crippen LogP contribution >= 0.6 is 0 Å². The number of ether oxygens (including phenoxy) is 2. The molecule has 7 rings (SSSR count). The van der Waals surface area contributed by atoms with Crippen molar-refractivity contribution in [3.63, 3.8) is 0 Å². The van der Waals surface area contributed by atoms with Crippen LogP contribution in [0.25, 0.3) is 11.6 Å². The number of carbonyl (C=O) groups is 2. The van der Waals surface area contributed by atoms with Gasteiger partial charge in [0.15, 0.2) is 9.84 Å². The molecule has 2 amide bonds. The second-order valence-electron chi connectivity index (χ2n) is 13.9. The minimum Gasteiger partial charge on any atom is -0.492 e. The Bertz CT molecular complexity index is 1890. The lowest BCUT2D eigenvalue weighted by Gasteiger charge is -2.28. The normalized spacial score (nSPS) is 20.8. The number of nitrogens with one attached hydrogen (secondary N) is 2. The van der Waals surface area contributed by atoms with E-state index >= 15 is 0 Å². The van der Waals surface area contributed by atoms with E-state index in [4.69, 9.17) is 9.47 Å². The smallest absolute Gasteiger partial charge is 0.256 e. The van der Waals surface area contributed by atoms with Gasteiger partial charge in [-0.05, 0) is 88.5 Å². The third-order valence-electron chi connectivity index (χ3n) is 10.5. The van der Waals surface area contributed by atoms with E-state index in [2.05, 4.69) is 20.1 Å². The number of benzene rings is 2. The second-order valence-corrected chi connectivity index (χ2v) is 15.8. The van der Waals surface area contributed by atoms with Crippen LogP contribution in [0.3, 0.4) is 0 Å². The SMILES string of the molecule is Cc1[nH]c(C=C2C(=O)Nc3ccc(S(=O)(=O)Cc4ccccc4OCCN4CCOCC4)cc32)c(C)c1C(=O)N1CCC[C@@H]1CN1CCCC1. The molecule has 0 aliphatic carbocycles. The number of carbonyl (C=O) groups excluding carboxylic acids is 2. The van der Waals surface area contributed by atoms with Gasteiger partial charge in [0.1, 0.15) is 12.4 Å². The zero-order valence-electron chi connectivity index (χ0n) is 29.0. The van der Waals surface area contributed by atoms with E-state index in [0.29, 0.717) is 59.2 Å². The first kappa shape index (κ1) is 34.5. The van der Waals surface area contributed by atoms with Gasteiger partial charge in [0, 0.05) is 67.0 Å². The Balaban J connectivity index is 1.09. The lowest BCUT2D eigenvalue weighted by Crippen LogP contribution is -2.42. The summed E-state index contributed by atoms with van der Waals surface area (Å²) in [5, 5.41) is 2.88. The molecule has 12 heteroatoms. The number of likely N-dealkylation sites (tertiary alicyclic amines) is 2. The van der Waals surface area contributed by atoms with Crippen LogP contribution < -0.4 is 10.1 Å². The van der Waals surface area contributed by atoms with Crippen LogP contribution in [0.5, 0.6) is 5.75 Å². The Kier molecular flexibility index (Phi) is 10.1. The summed E-state index contributed by atoms with van der Waals surface area (Å²) in [6, 6.07) is 12.2. The highest BCUT2D eigenvalue weighted by Gasteiger charge is 2.34. The van der Waals surface area contributed by atoms with Crippen LogP contribution in [-0.2, 0) is 25.1 Å². The van der Waals surface area contributed by atoms with Gasteiger partial charge >= 0.3 is 0 Å². The predicted octanol–water partition coefficient (Wildman–Crippen LogP) is 4.51. The molecule has 0 unspecified atom stereocenters. The Labute approximate surface area is 294 Å². The molecular weight excluding hydrogens is 655 g/mol. The van der Waals surface area contributed by atoms with Crippen molar-refractivity contribution in [2.75, 3.05) is 71.0 Å². The molecule has 0 saturated carbocycles. The Morgan fingerprint density at radius 2 is 1.78 bits per heavy atom. The standard InChI is InChI=1S/C38H47N5O6S/c1-26-34(39-27(2)36(26)38(45)43-15-7-9-29(43)24-42-13-5-6-14-42)23-32-31-22-30(11-12-33(31)40-37(32)44)50(46,47)25-28-8-3-4-10-35(28)49-21-18-41-16-19-48-20-17-41/h3-4,8,10-12,22-23,29,39H,5-7,9,13-21,24-25H2,1-2H3,(H,40,44)/t29-/m1/s1. The number of anilines is 1. The summed E-state index contributed by atoms with van der Waals surface area (Å²) in [6.45, 7) is 12.0. The van der Waals surface area contributed by atoms with Crippen LogP contribution in [0, 0.1) is 13.8 Å². The maximum atomic E-state index is 14.0. The topological polar surface area (TPSA) is 124 Å². The van der Waals surface area contributed by atoms with E-state index in [-0.39, 0.29) is 28.5 Å². The number of aryl methyl sites for hydroxylation is 1. The number of fused-ring (bicyclic) bond motifs is 1. The number of aromatic nitrogens is 1. The summed E-state index contributed by atoms with van der Waals surface area (Å²) < 4.78 is 39.1. The van der Waals surface area contributed by atoms with Gasteiger partial charge in [0.05, 0.1) is 35.0 Å². The van der Waals surface area contributed by atoms with Crippen LogP contribution in [0.2, 0.25) is 0 Å². The van der Waals surface area contributed by atoms with Crippen LogP contribution in [0.1, 0.15) is 64.1 Å². The number of aromatic amines is 1. The number of nitrogens with zero attached hydrogens (tertiary/aromatic N) is 3. The van der Waals surface area contributed by atoms with Gasteiger partial charge in [0.2, 0.25) is 0 Å². The first-order valence-electron chi connectivity index (χ1n) is 17.8. The molecule has 2 N–H and O–H groups in total. The van der Waals surface area contributed by atoms with Crippen molar-refractivity contribution in [3.05, 3.63) is 76.1 Å². The molecular formula is C38H47N5O6S. The number of morpholine rings is 1. The largest absolute Gasteiger partial charge is 0.492 e. The molecule has 50 heavy (non-hydrogen) atoms. The van der Waals surface area contributed by atoms with Crippen molar-refractivity contribution >= 4 is 39.0 Å². The van der Waals surface area contributed by atoms with E-state index in [1.165, 1.54) is 18.9 Å². The Hall–Kier alpha value is -3.97. The van der Waals surface area contributed by atoms with Crippen molar-refractivity contribution in [2.24, 2.45) is 0 Å². The van der Waals surface area contributed by atoms with Crippen molar-refractivity contribution in [1.82, 2.24) is 19.7 Å². The lowest BCUT2D eigenvalue weighted by molar-refractivity contribution is -0.110. The highest BCUT2D eigenvalue weighted by Crippen LogP contribution is 2.37. The lowest BCUT2D eigenvalue weighted by atomic mass is 10.0. The van der Waals surface area contributed by atoms with Gasteiger partial charge in [-0.2, -0.15) is 0 Å². The number of para-hydroxylation sites is 1. The fraction of sp³-hybridized carbons (Fsp3) is 0.474. The third kappa shape index (κ3) is 7.25. The van der Waals surface area contributed by atoms with Gasteiger partial charge < -0.3 is 29.6 Å². The highest BCUT2D eigenvalue weighted by molar-refractivity contribution is 7.90. The number of H-pyrrole nitrogens is 1. The molecule has 1 atom stereocenters. The zero-order valence-corrected chi connectivity index (χ0v) is 29.8. The number of hydrogen-bond donors (Lipinski definition) is 2. The summed E-state index contributed by atoms with van der Waals surface area (Å²) in [7, 11) is -3.80. The van der Waals surface area contributed by atoms with E-state index in [0.717, 1.165) is 69.9 Å². The fourth-order valence-corrected chi connectivity index (χ4v) is 9.14. The average molecular weight is 702 g/mol. The number of sulfone groups is 1. The average Bonchev–Trinajstić information content (AvgIpc) is 3.90. The van der Waals surface area contributed by atoms with Crippen molar-refractivity contribution in [1.29, 1.82) is 0 Å². The number of hydrogen-bond acceptors (Lipinski definition) is 8. The third-order valence-corrected chi connectivity index (χ3v) is 12.2. The molecule has 3 fully saturated rings. The summed E-state index contributed by atoms with van der Waals surface area (Å²) >= 11 is 0. The van der Waals surface area contributed by atoms with Crippen LogP contribution in [0.4, 0.5) is 5.69 Å². The molecule has 0 radical (unpaired) electrons. The second kappa shape index (κ2) is 14.7. The maximum Gasteiger partial charge on any atom is 0.256 e. The van der Waals surface area contributed by atoms with Gasteiger partial charge in [-0.15, -0.1) is 0 Å². The van der Waals surface area contributed by atoms with Gasteiger partial charge in [0.25, 0.3) is 11.8 Å². The number of amides is 2. The van der Waals surface area contributed by atoms with Gasteiger partial charge in [-0.3, -0.25) is 14.5 Å². The molecule has 1 aromatic heterocycles. The van der Waals surface area contributed by atoms with Gasteiger partial charge in [-0.1, -0.05) is 18.2 Å². The molecule has 5 heterocycles. The Morgan fingerprint density at radius 3 is 2.58 bits per heavy atom. The van der Waals surface area contributed by atoms with E-state index in [1.54, 1.807) is 30.3 Å². The summed E-state index contributed by atoms with van der Waals surface area (Å²) in [6.07, 6.45) is 6.19. The molecule has 11 nitrogen and oxygen atoms in total. The van der Waals surface area contributed by atoms with Crippen LogP contribution in [-0.4, -0.2) is 112 Å². The summed E-state index contributed by atoms with van der Waals surface area (Å²) in [5.41, 5.74) is 4.83. The summed E-state index contributed by atoms with van der Waals surface area (Å²) in [4.78, 5) is 37.4. The molecule has 3 saturated heterocycles. The molecule has 4 aliphatic heterocycles. The molecule has 3 aromatic rings. The van der Waals surface area contributed by atoms with E-state index < -0.39 is 9.84 Å². The fourth-order valence-electron chi connectivity index (χ4n) is 7.75. The zero-order chi connectivity index (χ0) is 34.8. The highest BCUT2D eigenvalue weighted by atomic mass is 32.2. The molecule has 266 valence electrons. The number of rotatable bonds is 11. The summed E-state index contributed by atoms with van der Waals surface area (Å²) in [5.74, 6) is 0.00774. The molecule has 2 aromatic carbocycles. The maximum absolute atomic E-state index is 14.0. The minimum atomic E-state index is -3.80. The quantitative estimate of drug-likeness (QED) is 0.280.